The lowest BCUT2D eigenvalue weighted by molar-refractivity contribution is -0.384. The Morgan fingerprint density at radius 2 is 1.74 bits per heavy atom. The van der Waals surface area contributed by atoms with E-state index in [-0.39, 0.29) is 11.4 Å². The smallest absolute Gasteiger partial charge is 0.272 e. The number of nitrogens with zero attached hydrogens (tertiary/aromatic N) is 1. The van der Waals surface area contributed by atoms with Crippen molar-refractivity contribution >= 4 is 45.2 Å². The van der Waals surface area contributed by atoms with Crippen molar-refractivity contribution in [3.8, 4) is 0 Å². The molecular formula is C23H18BrN3O4. The molecule has 0 radical (unpaired) electrons. The van der Waals surface area contributed by atoms with E-state index in [9.17, 15) is 19.7 Å². The minimum absolute atomic E-state index is 0.0530. The van der Waals surface area contributed by atoms with E-state index in [1.165, 1.54) is 24.3 Å². The Labute approximate surface area is 187 Å². The van der Waals surface area contributed by atoms with Crippen LogP contribution in [0.1, 0.15) is 21.5 Å². The number of nitrogens with one attached hydrogen (secondary N) is 2. The van der Waals surface area contributed by atoms with Crippen molar-refractivity contribution in [1.29, 1.82) is 0 Å². The van der Waals surface area contributed by atoms with Crippen LogP contribution in [-0.2, 0) is 4.79 Å². The number of rotatable bonds is 6. The number of halogens is 1. The molecule has 0 heterocycles. The fourth-order valence-electron chi connectivity index (χ4n) is 2.81. The van der Waals surface area contributed by atoms with Crippen LogP contribution in [0.5, 0.6) is 0 Å². The van der Waals surface area contributed by atoms with Crippen LogP contribution in [0.4, 0.5) is 11.4 Å². The van der Waals surface area contributed by atoms with Crippen LogP contribution >= 0.6 is 15.9 Å². The average Bonchev–Trinajstić information content (AvgIpc) is 2.73. The zero-order valence-electron chi connectivity index (χ0n) is 16.5. The number of carbonyl (C=O) groups is 2. The normalized spacial score (nSPS) is 11.0. The number of nitro benzene ring substituents is 1. The van der Waals surface area contributed by atoms with E-state index in [2.05, 4.69) is 26.6 Å². The van der Waals surface area contributed by atoms with Crippen molar-refractivity contribution < 1.29 is 14.5 Å². The molecule has 0 saturated heterocycles. The Morgan fingerprint density at radius 1 is 1.00 bits per heavy atom. The molecule has 0 fully saturated rings. The molecule has 7 nitrogen and oxygen atoms in total. The lowest BCUT2D eigenvalue weighted by atomic mass is 10.1. The van der Waals surface area contributed by atoms with Crippen LogP contribution < -0.4 is 10.6 Å². The number of nitro groups is 1. The maximum absolute atomic E-state index is 13.0. The zero-order chi connectivity index (χ0) is 22.4. The van der Waals surface area contributed by atoms with Gasteiger partial charge in [0.15, 0.2) is 0 Å². The molecule has 31 heavy (non-hydrogen) atoms. The fraction of sp³-hybridized carbons (Fsp3) is 0.0435. The summed E-state index contributed by atoms with van der Waals surface area (Å²) < 4.78 is 0.571. The van der Waals surface area contributed by atoms with Crippen molar-refractivity contribution in [2.45, 2.75) is 6.92 Å². The number of benzene rings is 3. The summed E-state index contributed by atoms with van der Waals surface area (Å²) in [5, 5.41) is 16.4. The number of hydrogen-bond donors (Lipinski definition) is 2. The number of carbonyl (C=O) groups excluding carboxylic acids is 2. The van der Waals surface area contributed by atoms with Gasteiger partial charge in [0.1, 0.15) is 5.70 Å². The largest absolute Gasteiger partial charge is 0.321 e. The monoisotopic (exact) mass is 479 g/mol. The summed E-state index contributed by atoms with van der Waals surface area (Å²) in [5.74, 6) is -1.05. The van der Waals surface area contributed by atoms with Gasteiger partial charge in [-0.2, -0.15) is 0 Å². The number of anilines is 1. The summed E-state index contributed by atoms with van der Waals surface area (Å²) in [4.78, 5) is 36.3. The Bertz CT molecular complexity index is 1190. The van der Waals surface area contributed by atoms with Crippen LogP contribution in [0.3, 0.4) is 0 Å². The maximum atomic E-state index is 13.0. The molecule has 156 valence electrons. The molecule has 3 rings (SSSR count). The Hall–Kier alpha value is -3.78. The van der Waals surface area contributed by atoms with E-state index in [0.717, 1.165) is 5.56 Å². The number of amides is 2. The Morgan fingerprint density at radius 3 is 2.45 bits per heavy atom. The minimum Gasteiger partial charge on any atom is -0.321 e. The first kappa shape index (κ1) is 21.9. The summed E-state index contributed by atoms with van der Waals surface area (Å²) in [6, 6.07) is 19.8. The van der Waals surface area contributed by atoms with Crippen molar-refractivity contribution in [3.63, 3.8) is 0 Å². The number of hydrogen-bond acceptors (Lipinski definition) is 4. The molecule has 0 unspecified atom stereocenters. The molecule has 0 spiro atoms. The molecular weight excluding hydrogens is 462 g/mol. The highest BCUT2D eigenvalue weighted by atomic mass is 79.9. The first-order valence-electron chi connectivity index (χ1n) is 9.23. The molecule has 2 amide bonds. The molecule has 0 bridgehead atoms. The van der Waals surface area contributed by atoms with Gasteiger partial charge in [-0.15, -0.1) is 0 Å². The van der Waals surface area contributed by atoms with Gasteiger partial charge in [0.05, 0.1) is 10.5 Å². The summed E-state index contributed by atoms with van der Waals surface area (Å²) in [7, 11) is 0. The SMILES string of the molecule is Cc1cccc(NC(=O)C(=Cc2cccc([N+](=O)[O-])c2)NC(=O)c2ccccc2Br)c1. The third kappa shape index (κ3) is 5.86. The number of aryl methyl sites for hydroxylation is 1. The van der Waals surface area contributed by atoms with Crippen molar-refractivity contribution in [3.05, 3.63) is 110 Å². The quantitative estimate of drug-likeness (QED) is 0.292. The summed E-state index contributed by atoms with van der Waals surface area (Å²) in [6.07, 6.45) is 1.40. The molecule has 2 N–H and O–H groups in total. The second kappa shape index (κ2) is 9.82. The molecule has 0 saturated carbocycles. The van der Waals surface area contributed by atoms with Crippen molar-refractivity contribution in [1.82, 2.24) is 5.32 Å². The highest BCUT2D eigenvalue weighted by Crippen LogP contribution is 2.19. The summed E-state index contributed by atoms with van der Waals surface area (Å²) in [5.41, 5.74) is 2.09. The predicted molar refractivity (Wildman–Crippen MR) is 122 cm³/mol. The molecule has 0 aliphatic heterocycles. The van der Waals surface area contributed by atoms with Crippen molar-refractivity contribution in [2.24, 2.45) is 0 Å². The molecule has 3 aromatic rings. The molecule has 3 aromatic carbocycles. The predicted octanol–water partition coefficient (Wildman–Crippen LogP) is 5.08. The van der Waals surface area contributed by atoms with Gasteiger partial charge in [0.25, 0.3) is 17.5 Å². The van der Waals surface area contributed by atoms with E-state index < -0.39 is 16.7 Å². The second-order valence-corrected chi connectivity index (χ2v) is 7.52. The van der Waals surface area contributed by atoms with Gasteiger partial charge in [-0.3, -0.25) is 19.7 Å². The number of non-ortho nitro benzene ring substituents is 1. The van der Waals surface area contributed by atoms with Crippen LogP contribution in [-0.4, -0.2) is 16.7 Å². The molecule has 0 aromatic heterocycles. The molecule has 0 aliphatic carbocycles. The third-order valence-electron chi connectivity index (χ3n) is 4.28. The summed E-state index contributed by atoms with van der Waals surface area (Å²) >= 11 is 3.32. The zero-order valence-corrected chi connectivity index (χ0v) is 18.0. The van der Waals surface area contributed by atoms with Crippen LogP contribution in [0, 0.1) is 17.0 Å². The topological polar surface area (TPSA) is 101 Å². The summed E-state index contributed by atoms with van der Waals surface area (Å²) in [6.45, 7) is 1.89. The minimum atomic E-state index is -0.558. The lowest BCUT2D eigenvalue weighted by Crippen LogP contribution is -2.31. The first-order chi connectivity index (χ1) is 14.8. The van der Waals surface area contributed by atoms with Gasteiger partial charge >= 0.3 is 0 Å². The Kier molecular flexibility index (Phi) is 6.94. The van der Waals surface area contributed by atoms with Gasteiger partial charge in [-0.1, -0.05) is 36.4 Å². The van der Waals surface area contributed by atoms with Gasteiger partial charge in [0.2, 0.25) is 0 Å². The highest BCUT2D eigenvalue weighted by Gasteiger charge is 2.17. The maximum Gasteiger partial charge on any atom is 0.272 e. The first-order valence-corrected chi connectivity index (χ1v) is 10.0. The Balaban J connectivity index is 1.95. The lowest BCUT2D eigenvalue weighted by Gasteiger charge is -2.12. The van der Waals surface area contributed by atoms with Crippen molar-refractivity contribution in [2.75, 3.05) is 5.32 Å². The molecule has 8 heteroatoms. The fourth-order valence-corrected chi connectivity index (χ4v) is 3.27. The van der Waals surface area contributed by atoms with E-state index >= 15 is 0 Å². The second-order valence-electron chi connectivity index (χ2n) is 6.67. The van der Waals surface area contributed by atoms with Gasteiger partial charge in [-0.25, -0.2) is 0 Å². The van der Waals surface area contributed by atoms with Gasteiger partial charge in [-0.05, 0) is 64.3 Å². The average molecular weight is 480 g/mol. The van der Waals surface area contributed by atoms with Gasteiger partial charge < -0.3 is 10.6 Å². The van der Waals surface area contributed by atoms with Crippen LogP contribution in [0.2, 0.25) is 0 Å². The van der Waals surface area contributed by atoms with Crippen LogP contribution in [0.15, 0.2) is 83.0 Å². The highest BCUT2D eigenvalue weighted by molar-refractivity contribution is 9.10. The van der Waals surface area contributed by atoms with E-state index in [0.29, 0.717) is 21.3 Å². The van der Waals surface area contributed by atoms with Gasteiger partial charge in [0, 0.05) is 22.3 Å². The van der Waals surface area contributed by atoms with E-state index in [1.54, 1.807) is 48.5 Å². The van der Waals surface area contributed by atoms with Crippen LogP contribution in [0.25, 0.3) is 6.08 Å². The molecule has 0 atom stereocenters. The third-order valence-corrected chi connectivity index (χ3v) is 4.97. The van der Waals surface area contributed by atoms with E-state index in [1.807, 2.05) is 13.0 Å². The van der Waals surface area contributed by atoms with E-state index in [4.69, 9.17) is 0 Å². The molecule has 0 aliphatic rings. The standard InChI is InChI=1S/C23H18BrN3O4/c1-15-6-4-8-17(12-15)25-23(29)21(14-16-7-5-9-18(13-16)27(30)31)26-22(28)19-10-2-3-11-20(19)24/h2-14H,1H3,(H,25,29)(H,26,28).